The van der Waals surface area contributed by atoms with Gasteiger partial charge in [-0.15, -0.1) is 0 Å². The molecule has 8 heteroatoms. The Labute approximate surface area is 124 Å². The molecule has 21 heavy (non-hydrogen) atoms. The number of nitrogens with one attached hydrogen (secondary N) is 1. The Morgan fingerprint density at radius 1 is 1.43 bits per heavy atom. The second-order valence-corrected chi connectivity index (χ2v) is 5.10. The maximum Gasteiger partial charge on any atom is 0.416 e. The first-order valence-electron chi connectivity index (χ1n) is 6.27. The van der Waals surface area contributed by atoms with E-state index in [4.69, 9.17) is 17.4 Å². The van der Waals surface area contributed by atoms with E-state index in [1.807, 2.05) is 0 Å². The molecule has 1 amide bonds. The molecule has 1 fully saturated rings. The average Bonchev–Trinajstić information content (AvgIpc) is 2.94. The number of hydroxylamine groups is 1. The van der Waals surface area contributed by atoms with Crippen LogP contribution in [-0.2, 0) is 11.0 Å². The minimum absolute atomic E-state index is 0.173. The van der Waals surface area contributed by atoms with Crippen LogP contribution in [0.25, 0.3) is 0 Å². The predicted molar refractivity (Wildman–Crippen MR) is 72.8 cm³/mol. The highest BCUT2D eigenvalue weighted by Gasteiger charge is 2.34. The number of thiocarbonyl (C=S) groups is 1. The van der Waals surface area contributed by atoms with Crippen LogP contribution in [-0.4, -0.2) is 33.6 Å². The standard InChI is InChI=1S/C13H13F3N2O2S/c14-13(15,16)9-4-1-3-8(7-9)12(21)18-6-2-5-10(18)11(19)17-20/h1,3-4,7,10,20H,2,5-6H2,(H,17,19). The molecular weight excluding hydrogens is 305 g/mol. The first-order valence-corrected chi connectivity index (χ1v) is 6.67. The summed E-state index contributed by atoms with van der Waals surface area (Å²) in [7, 11) is 0. The van der Waals surface area contributed by atoms with E-state index in [2.05, 4.69) is 0 Å². The van der Waals surface area contributed by atoms with Crippen LogP contribution < -0.4 is 5.48 Å². The summed E-state index contributed by atoms with van der Waals surface area (Å²) < 4.78 is 38.1. The molecule has 0 aromatic heterocycles. The van der Waals surface area contributed by atoms with E-state index in [0.29, 0.717) is 19.4 Å². The lowest BCUT2D eigenvalue weighted by Gasteiger charge is -2.26. The zero-order chi connectivity index (χ0) is 15.6. The Bertz CT molecular complexity index is 563. The molecular formula is C13H13F3N2O2S. The minimum Gasteiger partial charge on any atom is -0.350 e. The van der Waals surface area contributed by atoms with Crippen LogP contribution in [0.1, 0.15) is 24.0 Å². The zero-order valence-corrected chi connectivity index (χ0v) is 11.7. The summed E-state index contributed by atoms with van der Waals surface area (Å²) in [5.41, 5.74) is 1.01. The van der Waals surface area contributed by atoms with Gasteiger partial charge >= 0.3 is 6.18 Å². The number of carbonyl (C=O) groups is 1. The molecule has 1 aromatic rings. The molecule has 1 aromatic carbocycles. The summed E-state index contributed by atoms with van der Waals surface area (Å²) in [5.74, 6) is -0.609. The van der Waals surface area contributed by atoms with Crippen molar-refractivity contribution in [2.75, 3.05) is 6.54 Å². The van der Waals surface area contributed by atoms with Gasteiger partial charge in [0.1, 0.15) is 11.0 Å². The van der Waals surface area contributed by atoms with Crippen molar-refractivity contribution >= 4 is 23.1 Å². The predicted octanol–water partition coefficient (Wildman–Crippen LogP) is 2.35. The first kappa shape index (κ1) is 15.7. The molecule has 0 aliphatic carbocycles. The normalized spacial score (nSPS) is 18.7. The summed E-state index contributed by atoms with van der Waals surface area (Å²) in [6.07, 6.45) is -3.28. The Hall–Kier alpha value is -1.67. The van der Waals surface area contributed by atoms with Crippen LogP contribution in [0.2, 0.25) is 0 Å². The number of rotatable bonds is 2. The van der Waals surface area contributed by atoms with Crippen LogP contribution in [0, 0.1) is 0 Å². The highest BCUT2D eigenvalue weighted by Crippen LogP contribution is 2.30. The SMILES string of the molecule is O=C(NO)C1CCCN1C(=S)c1cccc(C(F)(F)F)c1. The maximum atomic E-state index is 12.7. The molecule has 114 valence electrons. The summed E-state index contributed by atoms with van der Waals surface area (Å²) >= 11 is 5.20. The van der Waals surface area contributed by atoms with Crippen molar-refractivity contribution < 1.29 is 23.2 Å². The third kappa shape index (κ3) is 3.33. The largest absolute Gasteiger partial charge is 0.416 e. The quantitative estimate of drug-likeness (QED) is 0.499. The second-order valence-electron chi connectivity index (χ2n) is 4.71. The van der Waals surface area contributed by atoms with Crippen LogP contribution in [0.4, 0.5) is 13.2 Å². The summed E-state index contributed by atoms with van der Waals surface area (Å²) in [6, 6.07) is 4.03. The molecule has 1 aliphatic rings. The van der Waals surface area contributed by atoms with Gasteiger partial charge in [-0.3, -0.25) is 10.0 Å². The zero-order valence-electron chi connectivity index (χ0n) is 10.9. The molecule has 0 saturated carbocycles. The van der Waals surface area contributed by atoms with Gasteiger partial charge in [0.2, 0.25) is 0 Å². The third-order valence-electron chi connectivity index (χ3n) is 3.36. The Morgan fingerprint density at radius 2 is 2.14 bits per heavy atom. The van der Waals surface area contributed by atoms with Gasteiger partial charge in [0, 0.05) is 12.1 Å². The smallest absolute Gasteiger partial charge is 0.350 e. The second kappa shape index (κ2) is 5.98. The number of alkyl halides is 3. The molecule has 2 N–H and O–H groups in total. The van der Waals surface area contributed by atoms with E-state index in [0.717, 1.165) is 12.1 Å². The van der Waals surface area contributed by atoms with Gasteiger partial charge in [-0.25, -0.2) is 5.48 Å². The van der Waals surface area contributed by atoms with Crippen molar-refractivity contribution in [1.82, 2.24) is 10.4 Å². The molecule has 0 radical (unpaired) electrons. The molecule has 1 saturated heterocycles. The van der Waals surface area contributed by atoms with Crippen molar-refractivity contribution in [1.29, 1.82) is 0 Å². The third-order valence-corrected chi connectivity index (χ3v) is 3.83. The lowest BCUT2D eigenvalue weighted by atomic mass is 10.1. The van der Waals surface area contributed by atoms with Crippen molar-refractivity contribution in [2.45, 2.75) is 25.1 Å². The summed E-state index contributed by atoms with van der Waals surface area (Å²) in [4.78, 5) is 13.3. The molecule has 1 aliphatic heterocycles. The number of likely N-dealkylation sites (tertiary alicyclic amines) is 1. The fraction of sp³-hybridized carbons (Fsp3) is 0.385. The number of hydrogen-bond acceptors (Lipinski definition) is 3. The van der Waals surface area contributed by atoms with E-state index >= 15 is 0 Å². The molecule has 1 unspecified atom stereocenters. The van der Waals surface area contributed by atoms with E-state index in [9.17, 15) is 18.0 Å². The molecule has 4 nitrogen and oxygen atoms in total. The Morgan fingerprint density at radius 3 is 2.76 bits per heavy atom. The van der Waals surface area contributed by atoms with Crippen LogP contribution >= 0.6 is 12.2 Å². The highest BCUT2D eigenvalue weighted by atomic mass is 32.1. The Kier molecular flexibility index (Phi) is 4.48. The van der Waals surface area contributed by atoms with Crippen molar-refractivity contribution in [2.24, 2.45) is 0 Å². The van der Waals surface area contributed by atoms with Gasteiger partial charge in [0.05, 0.1) is 5.56 Å². The van der Waals surface area contributed by atoms with Crippen LogP contribution in [0.3, 0.4) is 0 Å². The summed E-state index contributed by atoms with van der Waals surface area (Å²) in [5, 5.41) is 8.70. The van der Waals surface area contributed by atoms with E-state index in [1.54, 1.807) is 5.48 Å². The van der Waals surface area contributed by atoms with Gasteiger partial charge in [0.25, 0.3) is 5.91 Å². The van der Waals surface area contributed by atoms with Crippen molar-refractivity contribution in [3.05, 3.63) is 35.4 Å². The van der Waals surface area contributed by atoms with E-state index < -0.39 is 23.7 Å². The lowest BCUT2D eigenvalue weighted by molar-refractivity contribution is -0.137. The van der Waals surface area contributed by atoms with Gasteiger partial charge in [-0.1, -0.05) is 24.4 Å². The number of benzene rings is 1. The molecule has 2 rings (SSSR count). The van der Waals surface area contributed by atoms with Crippen LogP contribution in [0.5, 0.6) is 0 Å². The average molecular weight is 318 g/mol. The summed E-state index contributed by atoms with van der Waals surface area (Å²) in [6.45, 7) is 0.465. The fourth-order valence-electron chi connectivity index (χ4n) is 2.35. The first-order chi connectivity index (χ1) is 9.84. The molecule has 0 bridgehead atoms. The number of nitrogens with zero attached hydrogens (tertiary/aromatic N) is 1. The highest BCUT2D eigenvalue weighted by molar-refractivity contribution is 7.80. The Balaban J connectivity index is 2.26. The molecule has 0 spiro atoms. The molecule has 1 atom stereocenters. The van der Waals surface area contributed by atoms with Gasteiger partial charge in [-0.2, -0.15) is 13.2 Å². The molecule has 1 heterocycles. The topological polar surface area (TPSA) is 52.6 Å². The lowest BCUT2D eigenvalue weighted by Crippen LogP contribution is -2.44. The minimum atomic E-state index is -4.45. The van der Waals surface area contributed by atoms with Gasteiger partial charge < -0.3 is 4.90 Å². The number of amides is 1. The van der Waals surface area contributed by atoms with E-state index in [1.165, 1.54) is 17.0 Å². The van der Waals surface area contributed by atoms with Crippen molar-refractivity contribution in [3.8, 4) is 0 Å². The monoisotopic (exact) mass is 318 g/mol. The van der Waals surface area contributed by atoms with Gasteiger partial charge in [0.15, 0.2) is 0 Å². The van der Waals surface area contributed by atoms with E-state index in [-0.39, 0.29) is 10.6 Å². The number of halogens is 3. The number of carbonyl (C=O) groups excluding carboxylic acids is 1. The maximum absolute atomic E-state index is 12.7. The number of hydrogen-bond donors (Lipinski definition) is 2. The van der Waals surface area contributed by atoms with Crippen LogP contribution in [0.15, 0.2) is 24.3 Å². The van der Waals surface area contributed by atoms with Gasteiger partial charge in [-0.05, 0) is 25.0 Å². The van der Waals surface area contributed by atoms with Crippen molar-refractivity contribution in [3.63, 3.8) is 0 Å². The fourth-order valence-corrected chi connectivity index (χ4v) is 2.70.